The largest absolute Gasteiger partial charge is 0.338 e. The lowest BCUT2D eigenvalue weighted by atomic mass is 9.89. The van der Waals surface area contributed by atoms with Crippen LogP contribution in [0.25, 0.3) is 0 Å². The molecule has 18 heavy (non-hydrogen) atoms. The number of hydrogen-bond donors (Lipinski definition) is 2. The fraction of sp³-hybridized carbons (Fsp3) is 0.500. The maximum atomic E-state index is 12.9. The Bertz CT molecular complexity index is 403. The summed E-state index contributed by atoms with van der Waals surface area (Å²) in [5, 5.41) is 5.48. The van der Waals surface area contributed by atoms with E-state index in [1.165, 1.54) is 44.2 Å². The van der Waals surface area contributed by atoms with Gasteiger partial charge in [0, 0.05) is 12.2 Å². The zero-order valence-electron chi connectivity index (χ0n) is 10.4. The van der Waals surface area contributed by atoms with E-state index in [0.29, 0.717) is 18.2 Å². The van der Waals surface area contributed by atoms with Crippen molar-refractivity contribution < 1.29 is 9.18 Å². The van der Waals surface area contributed by atoms with E-state index in [1.807, 2.05) is 0 Å². The van der Waals surface area contributed by atoms with Gasteiger partial charge in [-0.3, -0.25) is 0 Å². The minimum Gasteiger partial charge on any atom is -0.338 e. The van der Waals surface area contributed by atoms with E-state index in [1.54, 1.807) is 12.1 Å². The number of carbonyl (C=O) groups is 1. The smallest absolute Gasteiger partial charge is 0.319 e. The summed E-state index contributed by atoms with van der Waals surface area (Å²) in [6, 6.07) is 5.65. The first kappa shape index (κ1) is 12.9. The predicted octanol–water partition coefficient (Wildman–Crippen LogP) is 3.53. The molecule has 1 aromatic rings. The molecule has 0 bridgehead atoms. The summed E-state index contributed by atoms with van der Waals surface area (Å²) in [5.74, 6) is 0.247. The number of halogens is 1. The molecule has 2 amide bonds. The molecule has 0 aromatic heterocycles. The summed E-state index contributed by atoms with van der Waals surface area (Å²) in [6.45, 7) is 0.709. The van der Waals surface area contributed by atoms with Gasteiger partial charge in [-0.15, -0.1) is 0 Å². The van der Waals surface area contributed by atoms with Crippen LogP contribution in [0, 0.1) is 11.7 Å². The quantitative estimate of drug-likeness (QED) is 0.846. The highest BCUT2D eigenvalue weighted by atomic mass is 19.1. The highest BCUT2D eigenvalue weighted by molar-refractivity contribution is 5.89. The summed E-state index contributed by atoms with van der Waals surface area (Å²) in [5.41, 5.74) is 0.483. The van der Waals surface area contributed by atoms with E-state index in [2.05, 4.69) is 10.6 Å². The number of anilines is 1. The number of benzene rings is 1. The van der Waals surface area contributed by atoms with Crippen LogP contribution in [0.1, 0.15) is 32.1 Å². The molecule has 0 heterocycles. The zero-order chi connectivity index (χ0) is 12.8. The van der Waals surface area contributed by atoms with Gasteiger partial charge in [0.2, 0.25) is 0 Å². The third kappa shape index (κ3) is 4.02. The van der Waals surface area contributed by atoms with Gasteiger partial charge >= 0.3 is 6.03 Å². The Balaban J connectivity index is 1.74. The molecule has 3 nitrogen and oxygen atoms in total. The van der Waals surface area contributed by atoms with E-state index in [0.717, 1.165) is 0 Å². The topological polar surface area (TPSA) is 41.1 Å². The van der Waals surface area contributed by atoms with Crippen molar-refractivity contribution in [3.63, 3.8) is 0 Å². The lowest BCUT2D eigenvalue weighted by Gasteiger charge is -2.21. The van der Waals surface area contributed by atoms with Gasteiger partial charge in [-0.05, 0) is 37.0 Å². The number of rotatable bonds is 3. The van der Waals surface area contributed by atoms with Gasteiger partial charge in [-0.25, -0.2) is 9.18 Å². The van der Waals surface area contributed by atoms with Gasteiger partial charge in [0.1, 0.15) is 5.82 Å². The lowest BCUT2D eigenvalue weighted by molar-refractivity contribution is 0.247. The number of urea groups is 1. The van der Waals surface area contributed by atoms with Crippen LogP contribution in [-0.4, -0.2) is 12.6 Å². The van der Waals surface area contributed by atoms with E-state index in [4.69, 9.17) is 0 Å². The highest BCUT2D eigenvalue weighted by Crippen LogP contribution is 2.22. The summed E-state index contributed by atoms with van der Waals surface area (Å²) in [6.07, 6.45) is 6.22. The van der Waals surface area contributed by atoms with Crippen LogP contribution < -0.4 is 10.6 Å². The second-order valence-electron chi connectivity index (χ2n) is 4.85. The van der Waals surface area contributed by atoms with E-state index in [-0.39, 0.29) is 11.8 Å². The summed E-state index contributed by atoms with van der Waals surface area (Å²) >= 11 is 0. The second kappa shape index (κ2) is 6.38. The molecule has 1 aliphatic carbocycles. The molecule has 0 unspecified atom stereocenters. The Hall–Kier alpha value is -1.58. The molecule has 0 spiro atoms. The van der Waals surface area contributed by atoms with Gasteiger partial charge in [-0.1, -0.05) is 25.3 Å². The standard InChI is InChI=1S/C14H19FN2O/c15-12-7-4-8-13(9-12)17-14(18)16-10-11-5-2-1-3-6-11/h4,7-9,11H,1-3,5-6,10H2,(H2,16,17,18). The van der Waals surface area contributed by atoms with Crippen molar-refractivity contribution in [3.05, 3.63) is 30.1 Å². The average Bonchev–Trinajstić information content (AvgIpc) is 2.38. The molecule has 0 atom stereocenters. The normalized spacial score (nSPS) is 16.3. The molecule has 1 saturated carbocycles. The minimum atomic E-state index is -0.347. The predicted molar refractivity (Wildman–Crippen MR) is 70.0 cm³/mol. The third-order valence-electron chi connectivity index (χ3n) is 3.36. The van der Waals surface area contributed by atoms with Gasteiger partial charge in [0.05, 0.1) is 0 Å². The van der Waals surface area contributed by atoms with Crippen LogP contribution in [0.2, 0.25) is 0 Å². The van der Waals surface area contributed by atoms with E-state index < -0.39 is 0 Å². The van der Waals surface area contributed by atoms with Crippen molar-refractivity contribution in [3.8, 4) is 0 Å². The Morgan fingerprint density at radius 3 is 2.78 bits per heavy atom. The number of amides is 2. The molecule has 1 fully saturated rings. The highest BCUT2D eigenvalue weighted by Gasteiger charge is 2.14. The van der Waals surface area contributed by atoms with Crippen LogP contribution >= 0.6 is 0 Å². The van der Waals surface area contributed by atoms with Gasteiger partial charge in [0.25, 0.3) is 0 Å². The second-order valence-corrected chi connectivity index (χ2v) is 4.85. The molecular weight excluding hydrogens is 231 g/mol. The van der Waals surface area contributed by atoms with Gasteiger partial charge in [0.15, 0.2) is 0 Å². The summed E-state index contributed by atoms with van der Waals surface area (Å²) in [7, 11) is 0. The molecule has 2 N–H and O–H groups in total. The summed E-state index contributed by atoms with van der Waals surface area (Å²) < 4.78 is 12.9. The number of nitrogens with one attached hydrogen (secondary N) is 2. The van der Waals surface area contributed by atoms with Crippen LogP contribution in [-0.2, 0) is 0 Å². The first-order valence-electron chi connectivity index (χ1n) is 6.54. The molecule has 2 rings (SSSR count). The molecule has 0 aliphatic heterocycles. The fourth-order valence-electron chi connectivity index (χ4n) is 2.37. The van der Waals surface area contributed by atoms with Crippen molar-refractivity contribution >= 4 is 11.7 Å². The minimum absolute atomic E-state index is 0.258. The maximum absolute atomic E-state index is 12.9. The van der Waals surface area contributed by atoms with E-state index in [9.17, 15) is 9.18 Å². The average molecular weight is 250 g/mol. The first-order valence-corrected chi connectivity index (χ1v) is 6.54. The Kier molecular flexibility index (Phi) is 4.56. The lowest BCUT2D eigenvalue weighted by Crippen LogP contribution is -2.33. The Morgan fingerprint density at radius 1 is 1.28 bits per heavy atom. The molecule has 98 valence electrons. The molecule has 1 aromatic carbocycles. The molecule has 0 radical (unpaired) electrons. The van der Waals surface area contributed by atoms with Crippen molar-refractivity contribution in [2.45, 2.75) is 32.1 Å². The Labute approximate surface area is 107 Å². The fourth-order valence-corrected chi connectivity index (χ4v) is 2.37. The number of carbonyl (C=O) groups excluding carboxylic acids is 1. The van der Waals surface area contributed by atoms with Crippen molar-refractivity contribution in [1.29, 1.82) is 0 Å². The van der Waals surface area contributed by atoms with Crippen LogP contribution in [0.15, 0.2) is 24.3 Å². The van der Waals surface area contributed by atoms with Gasteiger partial charge in [-0.2, -0.15) is 0 Å². The van der Waals surface area contributed by atoms with Crippen LogP contribution in [0.5, 0.6) is 0 Å². The number of hydrogen-bond acceptors (Lipinski definition) is 1. The van der Waals surface area contributed by atoms with Crippen LogP contribution in [0.4, 0.5) is 14.9 Å². The van der Waals surface area contributed by atoms with Gasteiger partial charge < -0.3 is 10.6 Å². The third-order valence-corrected chi connectivity index (χ3v) is 3.36. The SMILES string of the molecule is O=C(NCC1CCCCC1)Nc1cccc(F)c1. The van der Waals surface area contributed by atoms with Crippen LogP contribution in [0.3, 0.4) is 0 Å². The Morgan fingerprint density at radius 2 is 2.06 bits per heavy atom. The maximum Gasteiger partial charge on any atom is 0.319 e. The molecular formula is C14H19FN2O. The first-order chi connectivity index (χ1) is 8.74. The zero-order valence-corrected chi connectivity index (χ0v) is 10.4. The van der Waals surface area contributed by atoms with Crippen molar-refractivity contribution in [2.24, 2.45) is 5.92 Å². The monoisotopic (exact) mass is 250 g/mol. The van der Waals surface area contributed by atoms with E-state index >= 15 is 0 Å². The molecule has 1 aliphatic rings. The molecule has 0 saturated heterocycles. The van der Waals surface area contributed by atoms with Crippen molar-refractivity contribution in [2.75, 3.05) is 11.9 Å². The summed E-state index contributed by atoms with van der Waals surface area (Å²) in [4.78, 5) is 11.6. The van der Waals surface area contributed by atoms with Crippen molar-refractivity contribution in [1.82, 2.24) is 5.32 Å². The molecule has 4 heteroatoms.